The van der Waals surface area contributed by atoms with E-state index in [0.29, 0.717) is 24.5 Å². The molecule has 0 radical (unpaired) electrons. The van der Waals surface area contributed by atoms with E-state index in [4.69, 9.17) is 0 Å². The van der Waals surface area contributed by atoms with Gasteiger partial charge in [0, 0.05) is 57.3 Å². The number of amides is 3. The van der Waals surface area contributed by atoms with Gasteiger partial charge in [0.15, 0.2) is 0 Å². The molecule has 1 saturated heterocycles. The summed E-state index contributed by atoms with van der Waals surface area (Å²) >= 11 is 0. The molecule has 0 unspecified atom stereocenters. The summed E-state index contributed by atoms with van der Waals surface area (Å²) in [7, 11) is -3.24. The van der Waals surface area contributed by atoms with E-state index >= 15 is 0 Å². The molecule has 2 N–H and O–H groups in total. The van der Waals surface area contributed by atoms with Crippen molar-refractivity contribution in [1.82, 2.24) is 9.21 Å². The highest BCUT2D eigenvalue weighted by Crippen LogP contribution is 2.14. The molecule has 3 amide bonds. The van der Waals surface area contributed by atoms with Crippen LogP contribution in [-0.4, -0.2) is 67.8 Å². The van der Waals surface area contributed by atoms with Gasteiger partial charge in [0.2, 0.25) is 27.7 Å². The lowest BCUT2D eigenvalue weighted by Crippen LogP contribution is -2.50. The Hall–Kier alpha value is -2.46. The number of piperazine rings is 1. The van der Waals surface area contributed by atoms with Crippen molar-refractivity contribution >= 4 is 39.1 Å². The van der Waals surface area contributed by atoms with E-state index in [1.54, 1.807) is 29.2 Å². The Labute approximate surface area is 158 Å². The lowest BCUT2D eigenvalue weighted by Gasteiger charge is -2.33. The van der Waals surface area contributed by atoms with Gasteiger partial charge in [-0.15, -0.1) is 0 Å². The number of benzene rings is 1. The fraction of sp³-hybridized carbons (Fsp3) is 0.471. The number of carbonyl (C=O) groups is 3. The van der Waals surface area contributed by atoms with Crippen molar-refractivity contribution in [2.75, 3.05) is 43.1 Å². The molecule has 1 aromatic carbocycles. The van der Waals surface area contributed by atoms with Crippen LogP contribution in [0.25, 0.3) is 0 Å². The SMILES string of the molecule is CC(=O)Nc1ccc(NC(=O)CCC(=O)N2CCN(S(C)(=O)=O)CC2)cc1. The van der Waals surface area contributed by atoms with Crippen LogP contribution in [0.1, 0.15) is 19.8 Å². The minimum absolute atomic E-state index is 0.0402. The normalized spacial score (nSPS) is 15.3. The van der Waals surface area contributed by atoms with E-state index in [1.807, 2.05) is 0 Å². The fourth-order valence-electron chi connectivity index (χ4n) is 2.71. The maximum atomic E-state index is 12.2. The lowest BCUT2D eigenvalue weighted by molar-refractivity contribution is -0.133. The largest absolute Gasteiger partial charge is 0.340 e. The first kappa shape index (κ1) is 20.8. The molecular weight excluding hydrogens is 372 g/mol. The van der Waals surface area contributed by atoms with Crippen molar-refractivity contribution in [2.24, 2.45) is 0 Å². The first-order valence-corrected chi connectivity index (χ1v) is 10.4. The second-order valence-corrected chi connectivity index (χ2v) is 8.33. The molecule has 10 heteroatoms. The van der Waals surface area contributed by atoms with E-state index in [0.717, 1.165) is 6.26 Å². The van der Waals surface area contributed by atoms with Gasteiger partial charge < -0.3 is 15.5 Å². The second-order valence-electron chi connectivity index (χ2n) is 6.35. The Bertz CT molecular complexity index is 799. The molecule has 0 bridgehead atoms. The van der Waals surface area contributed by atoms with Gasteiger partial charge in [-0.3, -0.25) is 14.4 Å². The van der Waals surface area contributed by atoms with Crippen LogP contribution in [0.3, 0.4) is 0 Å². The third-order valence-electron chi connectivity index (χ3n) is 4.12. The number of nitrogens with one attached hydrogen (secondary N) is 2. The topological polar surface area (TPSA) is 116 Å². The van der Waals surface area contributed by atoms with Crippen LogP contribution in [0.4, 0.5) is 11.4 Å². The molecule has 1 aliphatic heterocycles. The molecule has 148 valence electrons. The van der Waals surface area contributed by atoms with Crippen molar-refractivity contribution in [3.05, 3.63) is 24.3 Å². The highest BCUT2D eigenvalue weighted by molar-refractivity contribution is 7.88. The number of anilines is 2. The first-order chi connectivity index (χ1) is 12.6. The lowest BCUT2D eigenvalue weighted by atomic mass is 10.2. The number of sulfonamides is 1. The van der Waals surface area contributed by atoms with E-state index < -0.39 is 10.0 Å². The number of nitrogens with zero attached hydrogens (tertiary/aromatic N) is 2. The van der Waals surface area contributed by atoms with E-state index in [9.17, 15) is 22.8 Å². The molecule has 1 heterocycles. The van der Waals surface area contributed by atoms with Crippen LogP contribution in [0.5, 0.6) is 0 Å². The molecule has 0 atom stereocenters. The van der Waals surface area contributed by atoms with Crippen LogP contribution in [-0.2, 0) is 24.4 Å². The van der Waals surface area contributed by atoms with Gasteiger partial charge in [-0.05, 0) is 24.3 Å². The highest BCUT2D eigenvalue weighted by Gasteiger charge is 2.26. The molecule has 2 rings (SSSR count). The van der Waals surface area contributed by atoms with Crippen molar-refractivity contribution in [2.45, 2.75) is 19.8 Å². The third kappa shape index (κ3) is 6.65. The number of rotatable bonds is 6. The maximum absolute atomic E-state index is 12.2. The molecule has 0 aliphatic carbocycles. The summed E-state index contributed by atoms with van der Waals surface area (Å²) in [6.07, 6.45) is 1.25. The molecule has 0 spiro atoms. The Kier molecular flexibility index (Phi) is 6.92. The van der Waals surface area contributed by atoms with Crippen LogP contribution in [0.15, 0.2) is 24.3 Å². The maximum Gasteiger partial charge on any atom is 0.224 e. The summed E-state index contributed by atoms with van der Waals surface area (Å²) in [6.45, 7) is 2.62. The van der Waals surface area contributed by atoms with Crippen molar-refractivity contribution in [1.29, 1.82) is 0 Å². The summed E-state index contributed by atoms with van der Waals surface area (Å²) in [5.74, 6) is -0.632. The summed E-state index contributed by atoms with van der Waals surface area (Å²) in [5, 5.41) is 5.33. The van der Waals surface area contributed by atoms with Gasteiger partial charge >= 0.3 is 0 Å². The van der Waals surface area contributed by atoms with Gasteiger partial charge in [-0.1, -0.05) is 0 Å². The monoisotopic (exact) mass is 396 g/mol. The van der Waals surface area contributed by atoms with E-state index in [1.165, 1.54) is 11.2 Å². The fourth-order valence-corrected chi connectivity index (χ4v) is 3.54. The molecule has 1 aliphatic rings. The quantitative estimate of drug-likeness (QED) is 0.725. The zero-order chi connectivity index (χ0) is 20.0. The smallest absolute Gasteiger partial charge is 0.224 e. The predicted octanol–water partition coefficient (Wildman–Crippen LogP) is 0.468. The zero-order valence-electron chi connectivity index (χ0n) is 15.4. The van der Waals surface area contributed by atoms with Crippen LogP contribution in [0.2, 0.25) is 0 Å². The van der Waals surface area contributed by atoms with Crippen molar-refractivity contribution in [3.8, 4) is 0 Å². The van der Waals surface area contributed by atoms with Gasteiger partial charge in [-0.2, -0.15) is 4.31 Å². The van der Waals surface area contributed by atoms with E-state index in [-0.39, 0.29) is 43.7 Å². The number of carbonyl (C=O) groups excluding carboxylic acids is 3. The van der Waals surface area contributed by atoms with Gasteiger partial charge in [0.25, 0.3) is 0 Å². The third-order valence-corrected chi connectivity index (χ3v) is 5.42. The molecular formula is C17H24N4O5S. The minimum atomic E-state index is -3.24. The van der Waals surface area contributed by atoms with Gasteiger partial charge in [-0.25, -0.2) is 8.42 Å². The number of hydrogen-bond acceptors (Lipinski definition) is 5. The first-order valence-electron chi connectivity index (χ1n) is 8.55. The molecule has 0 saturated carbocycles. The predicted molar refractivity (Wildman–Crippen MR) is 102 cm³/mol. The highest BCUT2D eigenvalue weighted by atomic mass is 32.2. The summed E-state index contributed by atoms with van der Waals surface area (Å²) < 4.78 is 24.3. The Morgan fingerprint density at radius 2 is 1.44 bits per heavy atom. The standard InChI is InChI=1S/C17H24N4O5S/c1-13(22)18-14-3-5-15(6-4-14)19-16(23)7-8-17(24)20-9-11-21(12-10-20)27(2,25)26/h3-6H,7-12H2,1-2H3,(H,18,22)(H,19,23). The summed E-state index contributed by atoms with van der Waals surface area (Å²) in [5.41, 5.74) is 1.20. The number of hydrogen-bond donors (Lipinski definition) is 2. The van der Waals surface area contributed by atoms with Gasteiger partial charge in [0.1, 0.15) is 0 Å². The molecule has 9 nitrogen and oxygen atoms in total. The average Bonchev–Trinajstić information content (AvgIpc) is 2.60. The van der Waals surface area contributed by atoms with Gasteiger partial charge in [0.05, 0.1) is 6.26 Å². The average molecular weight is 396 g/mol. The summed E-state index contributed by atoms with van der Waals surface area (Å²) in [4.78, 5) is 36.8. The van der Waals surface area contributed by atoms with Crippen LogP contribution < -0.4 is 10.6 Å². The van der Waals surface area contributed by atoms with Crippen molar-refractivity contribution in [3.63, 3.8) is 0 Å². The Morgan fingerprint density at radius 3 is 1.93 bits per heavy atom. The summed E-state index contributed by atoms with van der Waals surface area (Å²) in [6, 6.07) is 6.66. The van der Waals surface area contributed by atoms with E-state index in [2.05, 4.69) is 10.6 Å². The Balaban J connectivity index is 1.75. The Morgan fingerprint density at radius 1 is 0.926 bits per heavy atom. The second kappa shape index (κ2) is 8.96. The zero-order valence-corrected chi connectivity index (χ0v) is 16.2. The molecule has 27 heavy (non-hydrogen) atoms. The molecule has 0 aromatic heterocycles. The van der Waals surface area contributed by atoms with Crippen LogP contribution >= 0.6 is 0 Å². The van der Waals surface area contributed by atoms with Crippen molar-refractivity contribution < 1.29 is 22.8 Å². The molecule has 1 aromatic rings. The molecule has 1 fully saturated rings. The van der Waals surface area contributed by atoms with Crippen LogP contribution in [0, 0.1) is 0 Å². The minimum Gasteiger partial charge on any atom is -0.340 e.